The van der Waals surface area contributed by atoms with E-state index in [1.165, 1.54) is 4.90 Å². The first-order valence-electron chi connectivity index (χ1n) is 21.7. The molecule has 0 bridgehead atoms. The standard InChI is InChI=1S/C50H60N2O7S/c1-4-25-52(49(55)38-22-21-35-15-9-10-16-36(35)31-38)46-34-44(51-56-3)42-32-37(17-11-13-26-53)41(20-12-14-27-54)47-43-33-39(57-29-30-60-40-18-7-6-8-19-40)23-24-45(43)59-50(46,48(42)47)58-28-5-2/h5-10,15-16,18-19,21-24,31-33,37,41,46-48,53-54H,2,4,11-14,17,20,25-30,34H2,1,3H3. The molecule has 0 radical (unpaired) electrons. The van der Waals surface area contributed by atoms with Crippen molar-refractivity contribution in [3.05, 3.63) is 126 Å². The van der Waals surface area contributed by atoms with Crippen molar-refractivity contribution in [1.29, 1.82) is 0 Å². The van der Waals surface area contributed by atoms with Gasteiger partial charge in [-0.3, -0.25) is 4.79 Å². The molecule has 1 amide bonds. The summed E-state index contributed by atoms with van der Waals surface area (Å²) >= 11 is 1.76. The third-order valence-corrected chi connectivity index (χ3v) is 13.3. The number of fused-ring (bicyclic) bond motifs is 3. The van der Waals surface area contributed by atoms with Crippen molar-refractivity contribution in [3.8, 4) is 11.5 Å². The summed E-state index contributed by atoms with van der Waals surface area (Å²) < 4.78 is 21.0. The van der Waals surface area contributed by atoms with Gasteiger partial charge in [0.25, 0.3) is 5.91 Å². The lowest BCUT2D eigenvalue weighted by Crippen LogP contribution is -2.70. The van der Waals surface area contributed by atoms with E-state index in [2.05, 4.69) is 43.8 Å². The summed E-state index contributed by atoms with van der Waals surface area (Å²) in [6, 6.07) is 29.9. The molecule has 3 aliphatic rings. The number of allylic oxidation sites excluding steroid dienone is 1. The Kier molecular flexibility index (Phi) is 15.1. The quantitative estimate of drug-likeness (QED) is 0.0370. The van der Waals surface area contributed by atoms with Crippen LogP contribution in [0.5, 0.6) is 11.5 Å². The molecule has 0 saturated heterocycles. The molecule has 7 rings (SSSR count). The predicted octanol–water partition coefficient (Wildman–Crippen LogP) is 9.83. The number of carbonyl (C=O) groups is 1. The van der Waals surface area contributed by atoms with E-state index < -0.39 is 11.8 Å². The van der Waals surface area contributed by atoms with Crippen LogP contribution in [0.25, 0.3) is 10.8 Å². The third kappa shape index (κ3) is 9.32. The van der Waals surface area contributed by atoms with Gasteiger partial charge in [0.05, 0.1) is 24.8 Å². The third-order valence-electron chi connectivity index (χ3n) is 12.3. The van der Waals surface area contributed by atoms with Gasteiger partial charge in [-0.15, -0.1) is 18.3 Å². The lowest BCUT2D eigenvalue weighted by atomic mass is 9.55. The van der Waals surface area contributed by atoms with Crippen LogP contribution in [-0.2, 0) is 9.57 Å². The molecule has 1 aliphatic heterocycles. The number of unbranched alkanes of at least 4 members (excludes halogenated alkanes) is 2. The van der Waals surface area contributed by atoms with Gasteiger partial charge in [0, 0.05) is 53.9 Å². The van der Waals surface area contributed by atoms with Crippen LogP contribution in [0, 0.1) is 17.8 Å². The first-order chi connectivity index (χ1) is 29.5. The average molecular weight is 833 g/mol. The highest BCUT2D eigenvalue weighted by atomic mass is 32.2. The molecule has 6 unspecified atom stereocenters. The lowest BCUT2D eigenvalue weighted by molar-refractivity contribution is -0.254. The Morgan fingerprint density at radius 3 is 2.48 bits per heavy atom. The molecule has 2 aliphatic carbocycles. The van der Waals surface area contributed by atoms with Crippen LogP contribution in [0.2, 0.25) is 0 Å². The minimum absolute atomic E-state index is 0.0985. The number of ether oxygens (including phenoxy) is 3. The van der Waals surface area contributed by atoms with Gasteiger partial charge in [0.2, 0.25) is 5.79 Å². The summed E-state index contributed by atoms with van der Waals surface area (Å²) in [4.78, 5) is 23.8. The van der Waals surface area contributed by atoms with E-state index in [-0.39, 0.29) is 49.4 Å². The SMILES string of the molecule is C=CCOC12Oc3ccc(OCCSc4ccccc4)cc3C3C(CCCCO)C(CCCCO)C=C(C(=NOC)CC1N(CCC)C(=O)c1ccc4ccccc4c1)C32. The molecule has 4 aromatic rings. The normalized spacial score (nSPS) is 23.6. The molecular weight excluding hydrogens is 773 g/mol. The number of thioether (sulfide) groups is 1. The molecule has 1 heterocycles. The fourth-order valence-corrected chi connectivity index (χ4v) is 10.6. The number of hydrogen-bond acceptors (Lipinski definition) is 9. The second-order valence-corrected chi connectivity index (χ2v) is 17.2. The summed E-state index contributed by atoms with van der Waals surface area (Å²) in [5.74, 6) is 0.631. The Morgan fingerprint density at radius 1 is 0.967 bits per heavy atom. The smallest absolute Gasteiger partial charge is 0.254 e. The van der Waals surface area contributed by atoms with E-state index in [1.54, 1.807) is 24.9 Å². The van der Waals surface area contributed by atoms with E-state index in [1.807, 2.05) is 71.6 Å². The number of amides is 1. The Balaban J connectivity index is 1.37. The lowest BCUT2D eigenvalue weighted by Gasteiger charge is -2.60. The van der Waals surface area contributed by atoms with Crippen LogP contribution in [0.15, 0.2) is 125 Å². The van der Waals surface area contributed by atoms with E-state index in [0.717, 1.165) is 71.2 Å². The molecule has 2 N–H and O–H groups in total. The van der Waals surface area contributed by atoms with Crippen molar-refractivity contribution < 1.29 is 34.1 Å². The van der Waals surface area contributed by atoms with Gasteiger partial charge in [0.15, 0.2) is 0 Å². The molecule has 6 atom stereocenters. The number of aliphatic hydroxyl groups excluding tert-OH is 2. The van der Waals surface area contributed by atoms with Crippen LogP contribution in [-0.4, -0.2) is 84.4 Å². The number of nitrogens with zero attached hydrogens (tertiary/aromatic N) is 2. The Labute approximate surface area is 359 Å². The molecule has 60 heavy (non-hydrogen) atoms. The molecule has 1 saturated carbocycles. The van der Waals surface area contributed by atoms with Gasteiger partial charge in [-0.2, -0.15) is 0 Å². The van der Waals surface area contributed by atoms with Gasteiger partial charge in [-0.25, -0.2) is 0 Å². The maximum atomic E-state index is 15.1. The number of hydrogen-bond donors (Lipinski definition) is 2. The van der Waals surface area contributed by atoms with Crippen molar-refractivity contribution in [1.82, 2.24) is 4.90 Å². The van der Waals surface area contributed by atoms with Gasteiger partial charge >= 0.3 is 0 Å². The van der Waals surface area contributed by atoms with Crippen molar-refractivity contribution in [3.63, 3.8) is 0 Å². The maximum absolute atomic E-state index is 15.1. The number of benzene rings is 4. The summed E-state index contributed by atoms with van der Waals surface area (Å²) in [5, 5.41) is 26.6. The Bertz CT molecular complexity index is 2120. The van der Waals surface area contributed by atoms with Crippen molar-refractivity contribution >= 4 is 34.2 Å². The second-order valence-electron chi connectivity index (χ2n) is 16.0. The van der Waals surface area contributed by atoms with Crippen LogP contribution < -0.4 is 9.47 Å². The van der Waals surface area contributed by atoms with E-state index in [9.17, 15) is 10.2 Å². The number of rotatable bonds is 21. The molecule has 10 heteroatoms. The van der Waals surface area contributed by atoms with E-state index in [4.69, 9.17) is 24.2 Å². The summed E-state index contributed by atoms with van der Waals surface area (Å²) in [5.41, 5.74) is 3.43. The fraction of sp³-hybridized carbons (Fsp3) is 0.440. The van der Waals surface area contributed by atoms with Gasteiger partial charge < -0.3 is 34.2 Å². The number of carbonyl (C=O) groups excluding carboxylic acids is 1. The molecular formula is C50H60N2O7S. The highest BCUT2D eigenvalue weighted by Gasteiger charge is 2.65. The van der Waals surface area contributed by atoms with Crippen LogP contribution in [0.1, 0.15) is 80.1 Å². The monoisotopic (exact) mass is 832 g/mol. The predicted molar refractivity (Wildman–Crippen MR) is 240 cm³/mol. The Morgan fingerprint density at radius 2 is 1.73 bits per heavy atom. The van der Waals surface area contributed by atoms with Crippen LogP contribution in [0.4, 0.5) is 0 Å². The highest BCUT2D eigenvalue weighted by molar-refractivity contribution is 7.99. The molecule has 9 nitrogen and oxygen atoms in total. The summed E-state index contributed by atoms with van der Waals surface area (Å²) in [6.45, 7) is 7.62. The van der Waals surface area contributed by atoms with E-state index >= 15 is 4.79 Å². The first kappa shape index (κ1) is 43.5. The number of aliphatic hydroxyl groups is 2. The molecule has 0 aromatic heterocycles. The zero-order valence-corrected chi connectivity index (χ0v) is 35.9. The van der Waals surface area contributed by atoms with Crippen LogP contribution in [0.3, 0.4) is 0 Å². The molecule has 1 fully saturated rings. The minimum atomic E-state index is -1.31. The zero-order valence-electron chi connectivity index (χ0n) is 35.0. The summed E-state index contributed by atoms with van der Waals surface area (Å²) in [6.07, 6.45) is 10.1. The van der Waals surface area contributed by atoms with Crippen molar-refractivity contribution in [2.75, 3.05) is 45.8 Å². The number of oxime groups is 1. The maximum Gasteiger partial charge on any atom is 0.254 e. The largest absolute Gasteiger partial charge is 0.493 e. The van der Waals surface area contributed by atoms with Crippen molar-refractivity contribution in [2.24, 2.45) is 22.9 Å². The summed E-state index contributed by atoms with van der Waals surface area (Å²) in [7, 11) is 1.58. The Hall–Kier alpha value is -4.61. The fourth-order valence-electron chi connectivity index (χ4n) is 9.81. The van der Waals surface area contributed by atoms with Gasteiger partial charge in [0.1, 0.15) is 24.7 Å². The van der Waals surface area contributed by atoms with Gasteiger partial charge in [-0.1, -0.05) is 85.6 Å². The van der Waals surface area contributed by atoms with Crippen molar-refractivity contribution in [2.45, 2.75) is 80.9 Å². The van der Waals surface area contributed by atoms with E-state index in [0.29, 0.717) is 43.7 Å². The second kappa shape index (κ2) is 20.8. The van der Waals surface area contributed by atoms with Crippen LogP contribution >= 0.6 is 11.8 Å². The van der Waals surface area contributed by atoms with Gasteiger partial charge in [-0.05, 0) is 103 Å². The average Bonchev–Trinajstić information content (AvgIpc) is 3.28. The molecule has 4 aromatic carbocycles. The zero-order chi connectivity index (χ0) is 41.9. The molecule has 318 valence electrons. The minimum Gasteiger partial charge on any atom is -0.493 e. The highest BCUT2D eigenvalue weighted by Crippen LogP contribution is 2.62. The molecule has 0 spiro atoms. The topological polar surface area (TPSA) is 110 Å². The first-order valence-corrected chi connectivity index (χ1v) is 22.7.